The normalized spacial score (nSPS) is 19.2. The van der Waals surface area contributed by atoms with Crippen molar-refractivity contribution in [3.63, 3.8) is 0 Å². The highest BCUT2D eigenvalue weighted by Crippen LogP contribution is 2.08. The van der Waals surface area contributed by atoms with Crippen molar-refractivity contribution in [2.24, 2.45) is 5.10 Å². The maximum absolute atomic E-state index is 4.17. The third kappa shape index (κ3) is 1.22. The van der Waals surface area contributed by atoms with Crippen LogP contribution < -0.4 is 0 Å². The average molecular weight is 177 g/mol. The molecule has 0 fully saturated rings. The number of rotatable bonds is 1. The fraction of sp³-hybridized carbons (Fsp3) is 0.800. The molecule has 1 heterocycles. The predicted molar refractivity (Wildman–Crippen MR) is 38.2 cm³/mol. The Kier molecular flexibility index (Phi) is 1.89. The van der Waals surface area contributed by atoms with E-state index in [9.17, 15) is 0 Å². The van der Waals surface area contributed by atoms with Crippen LogP contribution in [0.2, 0.25) is 0 Å². The lowest BCUT2D eigenvalue weighted by atomic mass is 10.5. The molecule has 0 aromatic rings. The van der Waals surface area contributed by atoms with Gasteiger partial charge in [0, 0.05) is 19.5 Å². The summed E-state index contributed by atoms with van der Waals surface area (Å²) in [6, 6.07) is 0. The molecule has 8 heavy (non-hydrogen) atoms. The van der Waals surface area contributed by atoms with E-state index in [-0.39, 0.29) is 0 Å². The molecule has 46 valence electrons. The second-order valence-electron chi connectivity index (χ2n) is 1.77. The van der Waals surface area contributed by atoms with Crippen LogP contribution >= 0.6 is 15.9 Å². The fourth-order valence-corrected chi connectivity index (χ4v) is 1.11. The summed E-state index contributed by atoms with van der Waals surface area (Å²) in [5.74, 6) is 0. The monoisotopic (exact) mass is 176 g/mol. The zero-order chi connectivity index (χ0) is 5.98. The summed E-state index contributed by atoms with van der Waals surface area (Å²) < 4.78 is 1.08. The molecule has 0 radical (unpaired) electrons. The smallest absolute Gasteiger partial charge is 0.105 e. The Hall–Kier alpha value is -0.0500. The summed E-state index contributed by atoms with van der Waals surface area (Å²) in [5.41, 5.74) is 0. The molecule has 1 aliphatic heterocycles. The second kappa shape index (κ2) is 2.49. The average Bonchev–Trinajstić information content (AvgIpc) is 2.14. The topological polar surface area (TPSA) is 15.6 Å². The summed E-state index contributed by atoms with van der Waals surface area (Å²) in [6.07, 6.45) is 1.08. The van der Waals surface area contributed by atoms with Gasteiger partial charge in [0.25, 0.3) is 0 Å². The van der Waals surface area contributed by atoms with Gasteiger partial charge in [-0.2, -0.15) is 5.10 Å². The van der Waals surface area contributed by atoms with Gasteiger partial charge in [0.15, 0.2) is 0 Å². The van der Waals surface area contributed by atoms with Gasteiger partial charge in [-0.1, -0.05) is 0 Å². The van der Waals surface area contributed by atoms with Crippen molar-refractivity contribution in [1.29, 1.82) is 0 Å². The summed E-state index contributed by atoms with van der Waals surface area (Å²) in [5, 5.41) is 6.22. The molecule has 0 saturated carbocycles. The Bertz CT molecular complexity index is 111. The highest BCUT2D eigenvalue weighted by atomic mass is 79.9. The van der Waals surface area contributed by atoms with E-state index >= 15 is 0 Å². The molecule has 1 aliphatic rings. The van der Waals surface area contributed by atoms with Gasteiger partial charge in [-0.3, -0.25) is 5.01 Å². The molecule has 0 atom stereocenters. The molecule has 3 heteroatoms. The largest absolute Gasteiger partial charge is 0.296 e. The van der Waals surface area contributed by atoms with E-state index in [2.05, 4.69) is 28.0 Å². The number of hydrazone groups is 1. The van der Waals surface area contributed by atoms with E-state index in [1.807, 2.05) is 5.01 Å². The van der Waals surface area contributed by atoms with Gasteiger partial charge < -0.3 is 0 Å². The zero-order valence-corrected chi connectivity index (χ0v) is 6.48. The van der Waals surface area contributed by atoms with Crippen LogP contribution in [0.5, 0.6) is 0 Å². The summed E-state index contributed by atoms with van der Waals surface area (Å²) >= 11 is 3.33. The van der Waals surface area contributed by atoms with Gasteiger partial charge in [-0.05, 0) is 22.9 Å². The molecule has 0 spiro atoms. The number of halogens is 1. The lowest BCUT2D eigenvalue weighted by Crippen LogP contribution is -2.11. The standard InChI is InChI=1S/C5H9BrN2/c1-2-8-4-3-5(6)7-8/h2-4H2,1H3. The van der Waals surface area contributed by atoms with E-state index in [1.54, 1.807) is 0 Å². The fourth-order valence-electron chi connectivity index (χ4n) is 0.704. The van der Waals surface area contributed by atoms with Gasteiger partial charge in [0.05, 0.1) is 0 Å². The summed E-state index contributed by atoms with van der Waals surface area (Å²) in [4.78, 5) is 0. The maximum Gasteiger partial charge on any atom is 0.105 e. The molecule has 0 amide bonds. The van der Waals surface area contributed by atoms with Crippen molar-refractivity contribution in [2.75, 3.05) is 13.1 Å². The maximum atomic E-state index is 4.17. The number of nitrogens with zero attached hydrogens (tertiary/aromatic N) is 2. The van der Waals surface area contributed by atoms with Crippen molar-refractivity contribution < 1.29 is 0 Å². The van der Waals surface area contributed by atoms with Crippen molar-refractivity contribution in [2.45, 2.75) is 13.3 Å². The Morgan fingerprint density at radius 2 is 2.62 bits per heavy atom. The van der Waals surface area contributed by atoms with Crippen LogP contribution in [0.1, 0.15) is 13.3 Å². The second-order valence-corrected chi connectivity index (χ2v) is 2.69. The van der Waals surface area contributed by atoms with Crippen LogP contribution in [0.3, 0.4) is 0 Å². The summed E-state index contributed by atoms with van der Waals surface area (Å²) in [6.45, 7) is 4.21. The van der Waals surface area contributed by atoms with Crippen LogP contribution in [0, 0.1) is 0 Å². The van der Waals surface area contributed by atoms with Gasteiger partial charge >= 0.3 is 0 Å². The first-order valence-corrected chi connectivity index (χ1v) is 3.60. The minimum atomic E-state index is 1.02. The first-order valence-electron chi connectivity index (χ1n) is 2.81. The molecular weight excluding hydrogens is 168 g/mol. The van der Waals surface area contributed by atoms with Crippen LogP contribution in [0.25, 0.3) is 0 Å². The van der Waals surface area contributed by atoms with Crippen molar-refractivity contribution in [3.8, 4) is 0 Å². The zero-order valence-electron chi connectivity index (χ0n) is 4.89. The van der Waals surface area contributed by atoms with Crippen molar-refractivity contribution in [3.05, 3.63) is 0 Å². The third-order valence-electron chi connectivity index (χ3n) is 1.19. The Balaban J connectivity index is 2.41. The lowest BCUT2D eigenvalue weighted by molar-refractivity contribution is 0.337. The minimum absolute atomic E-state index is 1.02. The van der Waals surface area contributed by atoms with Gasteiger partial charge in [-0.15, -0.1) is 0 Å². The van der Waals surface area contributed by atoms with Crippen molar-refractivity contribution >= 4 is 20.6 Å². The van der Waals surface area contributed by atoms with Gasteiger partial charge in [0.1, 0.15) is 4.62 Å². The highest BCUT2D eigenvalue weighted by Gasteiger charge is 2.07. The van der Waals surface area contributed by atoms with E-state index in [0.29, 0.717) is 0 Å². The van der Waals surface area contributed by atoms with Crippen LogP contribution in [0.15, 0.2) is 5.10 Å². The van der Waals surface area contributed by atoms with E-state index < -0.39 is 0 Å². The molecule has 0 aliphatic carbocycles. The molecule has 0 aromatic heterocycles. The molecule has 1 rings (SSSR count). The van der Waals surface area contributed by atoms with E-state index in [1.165, 1.54) is 0 Å². The Morgan fingerprint density at radius 1 is 1.88 bits per heavy atom. The lowest BCUT2D eigenvalue weighted by Gasteiger charge is -2.07. The van der Waals surface area contributed by atoms with Crippen LogP contribution in [-0.4, -0.2) is 22.7 Å². The highest BCUT2D eigenvalue weighted by molar-refractivity contribution is 9.18. The quantitative estimate of drug-likeness (QED) is 0.591. The predicted octanol–water partition coefficient (Wildman–Crippen LogP) is 1.42. The molecule has 0 unspecified atom stereocenters. The van der Waals surface area contributed by atoms with Crippen LogP contribution in [-0.2, 0) is 0 Å². The third-order valence-corrected chi connectivity index (χ3v) is 1.75. The molecule has 0 bridgehead atoms. The van der Waals surface area contributed by atoms with E-state index in [4.69, 9.17) is 0 Å². The van der Waals surface area contributed by atoms with E-state index in [0.717, 1.165) is 24.1 Å². The van der Waals surface area contributed by atoms with Gasteiger partial charge in [-0.25, -0.2) is 0 Å². The first kappa shape index (κ1) is 6.08. The molecular formula is C5H9BrN2. The number of hydrogen-bond acceptors (Lipinski definition) is 2. The van der Waals surface area contributed by atoms with Gasteiger partial charge in [0.2, 0.25) is 0 Å². The molecule has 0 saturated heterocycles. The Labute approximate surface area is 57.7 Å². The minimum Gasteiger partial charge on any atom is -0.296 e. The van der Waals surface area contributed by atoms with Crippen molar-refractivity contribution in [1.82, 2.24) is 5.01 Å². The van der Waals surface area contributed by atoms with Crippen LogP contribution in [0.4, 0.5) is 0 Å². The molecule has 0 N–H and O–H groups in total. The Morgan fingerprint density at radius 3 is 2.88 bits per heavy atom. The first-order chi connectivity index (χ1) is 3.83. The number of hydrogen-bond donors (Lipinski definition) is 0. The molecule has 2 nitrogen and oxygen atoms in total. The SMILES string of the molecule is CCN1CCC(Br)=N1. The summed E-state index contributed by atoms with van der Waals surface area (Å²) in [7, 11) is 0. The molecule has 0 aromatic carbocycles.